The van der Waals surface area contributed by atoms with E-state index in [4.69, 9.17) is 9.47 Å². The molecule has 0 bridgehead atoms. The summed E-state index contributed by atoms with van der Waals surface area (Å²) in [5.74, 6) is -0.161. The Morgan fingerprint density at radius 1 is 1.19 bits per heavy atom. The van der Waals surface area contributed by atoms with E-state index in [-0.39, 0.29) is 29.1 Å². The summed E-state index contributed by atoms with van der Waals surface area (Å²) in [7, 11) is -1.83. The van der Waals surface area contributed by atoms with Crippen molar-refractivity contribution in [3.8, 4) is 0 Å². The Bertz CT molecular complexity index is 879. The predicted molar refractivity (Wildman–Crippen MR) is 117 cm³/mol. The van der Waals surface area contributed by atoms with Crippen LogP contribution in [-0.4, -0.2) is 81.7 Å². The zero-order valence-electron chi connectivity index (χ0n) is 18.2. The molecule has 2 unspecified atom stereocenters. The van der Waals surface area contributed by atoms with Crippen LogP contribution in [0, 0.1) is 0 Å². The number of benzene rings is 1. The van der Waals surface area contributed by atoms with E-state index in [0.29, 0.717) is 25.3 Å². The molecule has 0 aromatic heterocycles. The third-order valence-corrected chi connectivity index (χ3v) is 8.61. The van der Waals surface area contributed by atoms with Gasteiger partial charge in [0.2, 0.25) is 15.9 Å². The summed E-state index contributed by atoms with van der Waals surface area (Å²) >= 11 is 0. The normalized spacial score (nSPS) is 28.1. The fourth-order valence-electron chi connectivity index (χ4n) is 5.00. The number of likely N-dealkylation sites (tertiary alicyclic amines) is 1. The largest absolute Gasteiger partial charge is 0.377 e. The predicted octanol–water partition coefficient (Wildman–Crippen LogP) is 2.07. The van der Waals surface area contributed by atoms with Gasteiger partial charge in [-0.2, -0.15) is 4.31 Å². The zero-order valence-corrected chi connectivity index (χ0v) is 19.0. The van der Waals surface area contributed by atoms with Gasteiger partial charge in [-0.1, -0.05) is 12.5 Å². The molecule has 31 heavy (non-hydrogen) atoms. The van der Waals surface area contributed by atoms with Gasteiger partial charge in [-0.05, 0) is 50.3 Å². The van der Waals surface area contributed by atoms with Gasteiger partial charge in [-0.3, -0.25) is 9.69 Å². The summed E-state index contributed by atoms with van der Waals surface area (Å²) in [6.45, 7) is 3.54. The quantitative estimate of drug-likeness (QED) is 0.712. The number of nitrogens with one attached hydrogen (secondary N) is 1. The number of piperidine rings is 2. The number of carbonyl (C=O) groups is 1. The lowest BCUT2D eigenvalue weighted by molar-refractivity contribution is -0.145. The van der Waals surface area contributed by atoms with Crippen molar-refractivity contribution in [2.45, 2.75) is 55.1 Å². The standard InChI is InChI=1S/C22H33N3O5S/c1-29-20-16-24(13-10-22(20)9-6-14-30-22)17-21(26)23-18-7-5-8-19(15-18)31(27,28)25-11-3-2-4-12-25/h5,7-8,15,20H,2-4,6,9-14,16-17H2,1H3,(H,23,26). The average molecular weight is 452 g/mol. The molecule has 1 N–H and O–H groups in total. The first kappa shape index (κ1) is 22.7. The molecule has 2 atom stereocenters. The van der Waals surface area contributed by atoms with Crippen LogP contribution in [0.4, 0.5) is 5.69 Å². The van der Waals surface area contributed by atoms with Crippen LogP contribution in [0.25, 0.3) is 0 Å². The van der Waals surface area contributed by atoms with E-state index in [9.17, 15) is 13.2 Å². The molecular weight excluding hydrogens is 418 g/mol. The van der Waals surface area contributed by atoms with Crippen LogP contribution < -0.4 is 5.32 Å². The van der Waals surface area contributed by atoms with Crippen molar-refractivity contribution in [1.82, 2.24) is 9.21 Å². The average Bonchev–Trinajstić information content (AvgIpc) is 3.25. The van der Waals surface area contributed by atoms with Crippen molar-refractivity contribution in [1.29, 1.82) is 0 Å². The summed E-state index contributed by atoms with van der Waals surface area (Å²) in [6.07, 6.45) is 5.70. The molecule has 1 amide bonds. The molecule has 1 aromatic rings. The number of carbonyl (C=O) groups excluding carboxylic acids is 1. The Morgan fingerprint density at radius 3 is 2.71 bits per heavy atom. The summed E-state index contributed by atoms with van der Waals surface area (Å²) in [4.78, 5) is 15.0. The van der Waals surface area contributed by atoms with Gasteiger partial charge in [0.1, 0.15) is 0 Å². The second kappa shape index (κ2) is 9.54. The lowest BCUT2D eigenvalue weighted by atomic mass is 9.86. The molecule has 1 aromatic carbocycles. The van der Waals surface area contributed by atoms with E-state index < -0.39 is 10.0 Å². The number of hydrogen-bond acceptors (Lipinski definition) is 6. The van der Waals surface area contributed by atoms with Crippen LogP contribution in [0.1, 0.15) is 38.5 Å². The molecule has 0 aliphatic carbocycles. The highest BCUT2D eigenvalue weighted by atomic mass is 32.2. The lowest BCUT2D eigenvalue weighted by Gasteiger charge is -2.44. The Kier molecular flexibility index (Phi) is 6.98. The summed E-state index contributed by atoms with van der Waals surface area (Å²) in [5.41, 5.74) is 0.290. The fraction of sp³-hybridized carbons (Fsp3) is 0.682. The van der Waals surface area contributed by atoms with E-state index in [0.717, 1.165) is 51.7 Å². The monoisotopic (exact) mass is 451 g/mol. The smallest absolute Gasteiger partial charge is 0.243 e. The van der Waals surface area contributed by atoms with Crippen molar-refractivity contribution in [2.24, 2.45) is 0 Å². The second-order valence-electron chi connectivity index (χ2n) is 8.77. The highest BCUT2D eigenvalue weighted by Gasteiger charge is 2.46. The molecule has 3 aliphatic heterocycles. The zero-order chi connectivity index (χ0) is 21.9. The number of rotatable bonds is 6. The first-order valence-electron chi connectivity index (χ1n) is 11.2. The number of amides is 1. The summed E-state index contributed by atoms with van der Waals surface area (Å²) in [5, 5.41) is 2.86. The lowest BCUT2D eigenvalue weighted by Crippen LogP contribution is -2.57. The van der Waals surface area contributed by atoms with E-state index in [2.05, 4.69) is 10.2 Å². The van der Waals surface area contributed by atoms with Crippen molar-refractivity contribution in [3.63, 3.8) is 0 Å². The van der Waals surface area contributed by atoms with Gasteiger partial charge < -0.3 is 14.8 Å². The van der Waals surface area contributed by atoms with Crippen LogP contribution in [0.3, 0.4) is 0 Å². The maximum atomic E-state index is 12.9. The van der Waals surface area contributed by atoms with Crippen molar-refractivity contribution in [3.05, 3.63) is 24.3 Å². The molecule has 3 aliphatic rings. The van der Waals surface area contributed by atoms with Crippen LogP contribution in [-0.2, 0) is 24.3 Å². The van der Waals surface area contributed by atoms with E-state index in [1.54, 1.807) is 31.4 Å². The molecule has 3 heterocycles. The topological polar surface area (TPSA) is 88.2 Å². The maximum absolute atomic E-state index is 12.9. The third-order valence-electron chi connectivity index (χ3n) is 6.72. The first-order chi connectivity index (χ1) is 14.9. The molecule has 0 radical (unpaired) electrons. The van der Waals surface area contributed by atoms with Gasteiger partial charge in [-0.15, -0.1) is 0 Å². The minimum Gasteiger partial charge on any atom is -0.377 e. The van der Waals surface area contributed by atoms with Gasteiger partial charge in [0.25, 0.3) is 0 Å². The van der Waals surface area contributed by atoms with E-state index >= 15 is 0 Å². The van der Waals surface area contributed by atoms with Gasteiger partial charge in [-0.25, -0.2) is 8.42 Å². The molecule has 4 rings (SSSR count). The van der Waals surface area contributed by atoms with Crippen LogP contribution in [0.5, 0.6) is 0 Å². The van der Waals surface area contributed by atoms with E-state index in [1.165, 1.54) is 4.31 Å². The number of methoxy groups -OCH3 is 1. The Balaban J connectivity index is 1.36. The van der Waals surface area contributed by atoms with Crippen molar-refractivity contribution in [2.75, 3.05) is 51.8 Å². The number of sulfonamides is 1. The van der Waals surface area contributed by atoms with Gasteiger partial charge >= 0.3 is 0 Å². The SMILES string of the molecule is COC1CN(CC(=O)Nc2cccc(S(=O)(=O)N3CCCCC3)c2)CCC12CCCO2. The number of nitrogens with zero attached hydrogens (tertiary/aromatic N) is 2. The van der Waals surface area contributed by atoms with Gasteiger partial charge in [0, 0.05) is 45.6 Å². The van der Waals surface area contributed by atoms with Gasteiger partial charge in [0.05, 0.1) is 23.1 Å². The Hall–Kier alpha value is -1.52. The number of hydrogen-bond donors (Lipinski definition) is 1. The molecule has 172 valence electrons. The molecule has 9 heteroatoms. The summed E-state index contributed by atoms with van der Waals surface area (Å²) < 4.78 is 39.1. The van der Waals surface area contributed by atoms with Crippen LogP contribution in [0.15, 0.2) is 29.2 Å². The summed E-state index contributed by atoms with van der Waals surface area (Å²) in [6, 6.07) is 6.55. The molecule has 1 spiro atoms. The Morgan fingerprint density at radius 2 is 2.00 bits per heavy atom. The molecule has 3 fully saturated rings. The van der Waals surface area contributed by atoms with Crippen molar-refractivity contribution < 1.29 is 22.7 Å². The molecule has 0 saturated carbocycles. The minimum atomic E-state index is -3.53. The number of ether oxygens (including phenoxy) is 2. The van der Waals surface area contributed by atoms with E-state index in [1.807, 2.05) is 0 Å². The van der Waals surface area contributed by atoms with Crippen LogP contribution in [0.2, 0.25) is 0 Å². The number of anilines is 1. The molecule has 3 saturated heterocycles. The molecular formula is C22H33N3O5S. The van der Waals surface area contributed by atoms with Gasteiger partial charge in [0.15, 0.2) is 0 Å². The third kappa shape index (κ3) is 4.96. The van der Waals surface area contributed by atoms with Crippen LogP contribution >= 0.6 is 0 Å². The minimum absolute atomic E-state index is 0.0467. The molecule has 8 nitrogen and oxygen atoms in total. The second-order valence-corrected chi connectivity index (χ2v) is 10.7. The highest BCUT2D eigenvalue weighted by Crippen LogP contribution is 2.37. The maximum Gasteiger partial charge on any atom is 0.243 e. The Labute approximate surface area is 184 Å². The van der Waals surface area contributed by atoms with Crippen molar-refractivity contribution >= 4 is 21.6 Å². The fourth-order valence-corrected chi connectivity index (χ4v) is 6.56. The first-order valence-corrected chi connectivity index (χ1v) is 12.7. The highest BCUT2D eigenvalue weighted by molar-refractivity contribution is 7.89.